The molecule has 3 N–H and O–H groups in total. The van der Waals surface area contributed by atoms with E-state index in [4.69, 9.17) is 32.0 Å². The van der Waals surface area contributed by atoms with Crippen LogP contribution in [0.5, 0.6) is 0 Å². The summed E-state index contributed by atoms with van der Waals surface area (Å²) in [5.74, 6) is -3.26. The summed E-state index contributed by atoms with van der Waals surface area (Å²) in [4.78, 5) is 47.0. The number of aromatic nitrogens is 2. The molecule has 0 spiro atoms. The predicted molar refractivity (Wildman–Crippen MR) is 142 cm³/mol. The lowest BCUT2D eigenvalue weighted by Crippen LogP contribution is -2.46. The molecule has 0 radical (unpaired) electrons. The molecule has 1 aliphatic rings. The zero-order chi connectivity index (χ0) is 29.4. The van der Waals surface area contributed by atoms with Crippen molar-refractivity contribution in [3.8, 4) is 0 Å². The molecule has 40 heavy (non-hydrogen) atoms. The van der Waals surface area contributed by atoms with Gasteiger partial charge in [0.25, 0.3) is 0 Å². The van der Waals surface area contributed by atoms with Crippen LogP contribution in [0.15, 0.2) is 48.9 Å². The Balaban J connectivity index is 0.000000559. The van der Waals surface area contributed by atoms with Crippen LogP contribution < -0.4 is 5.73 Å². The first-order chi connectivity index (χ1) is 18.9. The first-order valence-electron chi connectivity index (χ1n) is 11.7. The average Bonchev–Trinajstić information content (AvgIpc) is 3.51. The molecule has 1 saturated heterocycles. The van der Waals surface area contributed by atoms with Crippen molar-refractivity contribution in [3.63, 3.8) is 0 Å². The molecule has 2 atom stereocenters. The maximum absolute atomic E-state index is 13.3. The number of rotatable bonds is 8. The number of nitrogens with zero attached hydrogens (tertiary/aromatic N) is 4. The summed E-state index contributed by atoms with van der Waals surface area (Å²) >= 11 is 7.45. The van der Waals surface area contributed by atoms with Gasteiger partial charge in [-0.15, -0.1) is 11.3 Å². The van der Waals surface area contributed by atoms with Gasteiger partial charge in [-0.05, 0) is 36.3 Å². The van der Waals surface area contributed by atoms with Crippen LogP contribution in [0.2, 0.25) is 4.34 Å². The summed E-state index contributed by atoms with van der Waals surface area (Å²) in [5.41, 5.74) is 8.04. The molecule has 2 aromatic heterocycles. The van der Waals surface area contributed by atoms with Crippen molar-refractivity contribution in [3.05, 3.63) is 63.7 Å². The third-order valence-corrected chi connectivity index (χ3v) is 7.08. The van der Waals surface area contributed by atoms with Crippen molar-refractivity contribution < 1.29 is 37.4 Å². The molecule has 0 aliphatic carbocycles. The van der Waals surface area contributed by atoms with E-state index in [0.717, 1.165) is 21.3 Å². The Labute approximate surface area is 235 Å². The number of thiophene rings is 1. The fourth-order valence-corrected chi connectivity index (χ4v) is 4.90. The van der Waals surface area contributed by atoms with E-state index >= 15 is 0 Å². The number of carboxylic acids is 1. The van der Waals surface area contributed by atoms with Gasteiger partial charge in [0.05, 0.1) is 29.5 Å². The number of alkyl halides is 3. The number of carbonyl (C=O) groups excluding carboxylic acids is 2. The number of carbonyl (C=O) groups is 3. The number of carboxylic acid groups (broad SMARTS) is 1. The van der Waals surface area contributed by atoms with Crippen LogP contribution >= 0.6 is 22.9 Å². The number of hydrogen-bond acceptors (Lipinski definition) is 9. The predicted octanol–water partition coefficient (Wildman–Crippen LogP) is 3.72. The molecule has 10 nitrogen and oxygen atoms in total. The fraction of sp³-hybridized carbons (Fsp3) is 0.320. The first kappa shape index (κ1) is 30.9. The maximum atomic E-state index is 13.3. The van der Waals surface area contributed by atoms with E-state index in [-0.39, 0.29) is 12.5 Å². The Bertz CT molecular complexity index is 1390. The molecule has 1 unspecified atom stereocenters. The van der Waals surface area contributed by atoms with Crippen LogP contribution in [-0.4, -0.2) is 81.7 Å². The Morgan fingerprint density at radius 2 is 2.08 bits per heavy atom. The minimum atomic E-state index is -5.08. The molecular formula is C25H25ClF3N5O5S. The van der Waals surface area contributed by atoms with Crippen LogP contribution in [0.3, 0.4) is 0 Å². The van der Waals surface area contributed by atoms with Gasteiger partial charge in [-0.2, -0.15) is 13.2 Å². The van der Waals surface area contributed by atoms with Crippen molar-refractivity contribution in [1.82, 2.24) is 19.8 Å². The minimum Gasteiger partial charge on any atom is -0.475 e. The second-order valence-corrected chi connectivity index (χ2v) is 10.2. The number of likely N-dealkylation sites (tertiary alicyclic amines) is 1. The second kappa shape index (κ2) is 13.7. The number of halogens is 4. The topological polar surface area (TPSA) is 139 Å². The molecule has 1 aromatic carbocycles. The molecule has 1 amide bonds. The monoisotopic (exact) mass is 599 g/mol. The van der Waals surface area contributed by atoms with E-state index in [1.807, 2.05) is 47.4 Å². The highest BCUT2D eigenvalue weighted by Crippen LogP contribution is 2.27. The van der Waals surface area contributed by atoms with E-state index in [0.29, 0.717) is 23.8 Å². The van der Waals surface area contributed by atoms with Crippen LogP contribution in [0, 0.1) is 0 Å². The van der Waals surface area contributed by atoms with Gasteiger partial charge in [0.1, 0.15) is 12.5 Å². The fourth-order valence-electron chi connectivity index (χ4n) is 3.91. The van der Waals surface area contributed by atoms with Crippen LogP contribution in [0.1, 0.15) is 23.0 Å². The number of nitrogens with two attached hydrogens (primary N) is 1. The smallest absolute Gasteiger partial charge is 0.475 e. The zero-order valence-corrected chi connectivity index (χ0v) is 22.6. The van der Waals surface area contributed by atoms with Crippen molar-refractivity contribution >= 4 is 57.8 Å². The zero-order valence-electron chi connectivity index (χ0n) is 21.0. The number of aliphatic carboxylic acids is 1. The SMILES string of the molecule is COC(=O)CN(CC=Cc1ccc(Cl)s1)[C@H]1CCN(C(N)c2ccc3cncnc3c2)C1=O.O=C(O)C(F)(F)F. The molecular weight excluding hydrogens is 575 g/mol. The van der Waals surface area contributed by atoms with E-state index in [9.17, 15) is 22.8 Å². The molecule has 0 saturated carbocycles. The number of fused-ring (bicyclic) bond motifs is 1. The van der Waals surface area contributed by atoms with Gasteiger partial charge in [0, 0.05) is 29.5 Å². The van der Waals surface area contributed by atoms with Crippen molar-refractivity contribution in [2.45, 2.75) is 24.8 Å². The van der Waals surface area contributed by atoms with Gasteiger partial charge in [0.2, 0.25) is 5.91 Å². The summed E-state index contributed by atoms with van der Waals surface area (Å²) < 4.78 is 37.3. The third kappa shape index (κ3) is 8.21. The molecule has 15 heteroatoms. The highest BCUT2D eigenvalue weighted by molar-refractivity contribution is 7.16. The summed E-state index contributed by atoms with van der Waals surface area (Å²) in [6, 6.07) is 8.95. The number of ether oxygens (including phenoxy) is 1. The quantitative estimate of drug-likeness (QED) is 0.371. The van der Waals surface area contributed by atoms with Gasteiger partial charge in [0.15, 0.2) is 0 Å². The molecule has 3 aromatic rings. The highest BCUT2D eigenvalue weighted by atomic mass is 35.5. The van der Waals surface area contributed by atoms with Gasteiger partial charge >= 0.3 is 18.1 Å². The lowest BCUT2D eigenvalue weighted by atomic mass is 10.1. The lowest BCUT2D eigenvalue weighted by Gasteiger charge is -2.28. The van der Waals surface area contributed by atoms with E-state index in [2.05, 4.69) is 9.97 Å². The number of esters is 1. The standard InChI is InChI=1S/C23H24ClN5O3S.C2HF3O2/c1-32-21(30)13-28(9-2-3-17-6-7-20(24)33-17)19-8-10-29(23(19)31)22(25)15-4-5-16-12-26-14-27-18(16)11-15;3-2(4,5)1(6)7/h2-7,11-12,14,19,22H,8-10,13,25H2,1H3;(H,6,7)/t19-,22?;/m0./s1. The van der Waals surface area contributed by atoms with E-state index < -0.39 is 30.3 Å². The number of amides is 1. The summed E-state index contributed by atoms with van der Waals surface area (Å²) in [6.07, 6.45) is 1.95. The van der Waals surface area contributed by atoms with Gasteiger partial charge in [-0.25, -0.2) is 14.8 Å². The Morgan fingerprint density at radius 1 is 1.35 bits per heavy atom. The van der Waals surface area contributed by atoms with Crippen molar-refractivity contribution in [2.24, 2.45) is 5.73 Å². The van der Waals surface area contributed by atoms with E-state index in [1.165, 1.54) is 24.8 Å². The van der Waals surface area contributed by atoms with Crippen LogP contribution in [0.4, 0.5) is 13.2 Å². The Kier molecular flexibility index (Phi) is 10.6. The third-order valence-electron chi connectivity index (χ3n) is 5.88. The lowest BCUT2D eigenvalue weighted by molar-refractivity contribution is -0.192. The van der Waals surface area contributed by atoms with Gasteiger partial charge in [-0.3, -0.25) is 14.5 Å². The summed E-state index contributed by atoms with van der Waals surface area (Å²) in [6.45, 7) is 0.920. The van der Waals surface area contributed by atoms with Crippen molar-refractivity contribution in [1.29, 1.82) is 0 Å². The number of benzene rings is 1. The molecule has 214 valence electrons. The minimum absolute atomic E-state index is 0.0123. The van der Waals surface area contributed by atoms with Gasteiger partial charge < -0.3 is 20.5 Å². The molecule has 3 heterocycles. The molecule has 1 aliphatic heterocycles. The second-order valence-electron chi connectivity index (χ2n) is 8.47. The summed E-state index contributed by atoms with van der Waals surface area (Å²) in [5, 5.41) is 8.03. The highest BCUT2D eigenvalue weighted by Gasteiger charge is 2.39. The molecule has 0 bridgehead atoms. The molecule has 4 rings (SSSR count). The average molecular weight is 600 g/mol. The first-order valence-corrected chi connectivity index (χ1v) is 12.9. The van der Waals surface area contributed by atoms with Gasteiger partial charge in [-0.1, -0.05) is 29.8 Å². The normalized spacial score (nSPS) is 16.3. The van der Waals surface area contributed by atoms with Crippen LogP contribution in [0.25, 0.3) is 17.0 Å². The van der Waals surface area contributed by atoms with E-state index in [1.54, 1.807) is 11.1 Å². The van der Waals surface area contributed by atoms with Crippen LogP contribution in [-0.2, 0) is 19.1 Å². The Morgan fingerprint density at radius 3 is 2.70 bits per heavy atom. The number of methoxy groups -OCH3 is 1. The number of hydrogen-bond donors (Lipinski definition) is 2. The molecule has 1 fully saturated rings. The largest absolute Gasteiger partial charge is 0.490 e. The summed E-state index contributed by atoms with van der Waals surface area (Å²) in [7, 11) is 1.34. The maximum Gasteiger partial charge on any atom is 0.490 e. The van der Waals surface area contributed by atoms with Crippen molar-refractivity contribution in [2.75, 3.05) is 26.7 Å². The Hall–Kier alpha value is -3.59.